The molecule has 0 aliphatic rings. The molecule has 0 saturated heterocycles. The van der Waals surface area contributed by atoms with Crippen LogP contribution in [0.25, 0.3) is 106 Å². The molecular weight excluding hydrogens is 749 g/mol. The zero-order chi connectivity index (χ0) is 42.2. The number of furan rings is 1. The summed E-state index contributed by atoms with van der Waals surface area (Å²) in [4.78, 5) is 14.9. The summed E-state index contributed by atoms with van der Waals surface area (Å²) in [6.45, 7) is 0. The van der Waals surface area contributed by atoms with Gasteiger partial charge in [-0.15, -0.1) is 5.46 Å². The van der Waals surface area contributed by atoms with Crippen LogP contribution in [0.2, 0.25) is 0 Å². The van der Waals surface area contributed by atoms with E-state index in [1.165, 1.54) is 0 Å². The first-order chi connectivity index (χ1) is 30.3. The van der Waals surface area contributed by atoms with Crippen molar-refractivity contribution in [1.82, 2.24) is 19.5 Å². The molecule has 0 atom stereocenters. The van der Waals surface area contributed by atoms with Crippen molar-refractivity contribution in [3.05, 3.63) is 158 Å². The molecule has 3 heterocycles. The number of para-hydroxylation sites is 1. The van der Waals surface area contributed by atoms with Crippen molar-refractivity contribution in [2.75, 3.05) is 0 Å². The van der Waals surface area contributed by atoms with E-state index in [0.29, 0.717) is 39.3 Å². The molecule has 8 aromatic carbocycles. The molecular formula is C51H26B6N4O. The van der Waals surface area contributed by atoms with Crippen LogP contribution in [0.1, 0.15) is 0 Å². The van der Waals surface area contributed by atoms with Gasteiger partial charge in [-0.25, -0.2) is 15.0 Å². The summed E-state index contributed by atoms with van der Waals surface area (Å²) < 4.78 is 8.93. The van der Waals surface area contributed by atoms with Crippen LogP contribution in [0.5, 0.6) is 0 Å². The smallest absolute Gasteiger partial charge is 0.164 e. The van der Waals surface area contributed by atoms with Crippen LogP contribution in [0.4, 0.5) is 0 Å². The zero-order valence-electron chi connectivity index (χ0n) is 33.2. The molecule has 5 nitrogen and oxygen atoms in total. The second-order valence-electron chi connectivity index (χ2n) is 15.3. The first kappa shape index (κ1) is 37.7. The second-order valence-corrected chi connectivity index (χ2v) is 15.3. The Morgan fingerprint density at radius 1 is 0.355 bits per heavy atom. The first-order valence-electron chi connectivity index (χ1n) is 20.0. The molecule has 12 radical (unpaired) electrons. The number of aromatic nitrogens is 4. The molecule has 0 fully saturated rings. The lowest BCUT2D eigenvalue weighted by Gasteiger charge is -2.18. The van der Waals surface area contributed by atoms with E-state index in [0.717, 1.165) is 55.2 Å². The fraction of sp³-hybridized carbons (Fsp3) is 0. The Balaban J connectivity index is 1.17. The molecule has 0 saturated carbocycles. The lowest BCUT2D eigenvalue weighted by atomic mass is 9.67. The maximum atomic E-state index is 7.17. The molecule has 0 unspecified atom stereocenters. The van der Waals surface area contributed by atoms with E-state index < -0.39 is 0 Å². The molecule has 0 N–H and O–H groups in total. The quantitative estimate of drug-likeness (QED) is 0.196. The van der Waals surface area contributed by atoms with Gasteiger partial charge in [-0.2, -0.15) is 0 Å². The molecule has 0 amide bonds. The van der Waals surface area contributed by atoms with E-state index in [1.54, 1.807) is 0 Å². The molecule has 274 valence electrons. The van der Waals surface area contributed by atoms with Gasteiger partial charge < -0.3 is 8.98 Å². The van der Waals surface area contributed by atoms with E-state index in [1.807, 2.05) is 109 Å². The van der Waals surface area contributed by atoms with Gasteiger partial charge in [0.15, 0.2) is 23.1 Å². The minimum absolute atomic E-state index is 0.147. The lowest BCUT2D eigenvalue weighted by Crippen LogP contribution is -2.42. The predicted octanol–water partition coefficient (Wildman–Crippen LogP) is 5.97. The molecule has 11 rings (SSSR count). The Morgan fingerprint density at radius 3 is 1.56 bits per heavy atom. The topological polar surface area (TPSA) is 56.7 Å². The number of fused-ring (bicyclic) bond motifs is 6. The summed E-state index contributed by atoms with van der Waals surface area (Å²) in [6.07, 6.45) is 0. The van der Waals surface area contributed by atoms with Crippen LogP contribution < -0.4 is 32.8 Å². The number of nitrogens with zero attached hydrogens (tertiary/aromatic N) is 4. The Morgan fingerprint density at radius 2 is 0.871 bits per heavy atom. The Labute approximate surface area is 365 Å². The third-order valence-electron chi connectivity index (χ3n) is 11.7. The van der Waals surface area contributed by atoms with Crippen LogP contribution in [0.3, 0.4) is 0 Å². The average molecular weight is 776 g/mol. The maximum absolute atomic E-state index is 7.17. The zero-order valence-corrected chi connectivity index (χ0v) is 33.2. The van der Waals surface area contributed by atoms with Crippen molar-refractivity contribution in [2.45, 2.75) is 0 Å². The number of hydrogen-bond donors (Lipinski definition) is 0. The average Bonchev–Trinajstić information content (AvgIpc) is 3.88. The van der Waals surface area contributed by atoms with E-state index in [4.69, 9.17) is 66.4 Å². The highest BCUT2D eigenvalue weighted by Gasteiger charge is 2.27. The van der Waals surface area contributed by atoms with E-state index in [9.17, 15) is 0 Å². The van der Waals surface area contributed by atoms with Gasteiger partial charge in [0.25, 0.3) is 0 Å². The summed E-state index contributed by atoms with van der Waals surface area (Å²) in [7, 11) is 41.9. The van der Waals surface area contributed by atoms with Crippen LogP contribution in [0.15, 0.2) is 162 Å². The minimum atomic E-state index is 0.147. The van der Waals surface area contributed by atoms with Crippen molar-refractivity contribution >= 4 is 124 Å². The van der Waals surface area contributed by atoms with E-state index in [2.05, 4.69) is 53.1 Å². The Bertz CT molecular complexity index is 3590. The fourth-order valence-corrected chi connectivity index (χ4v) is 8.65. The van der Waals surface area contributed by atoms with E-state index >= 15 is 0 Å². The second kappa shape index (κ2) is 14.7. The van der Waals surface area contributed by atoms with Crippen molar-refractivity contribution in [2.24, 2.45) is 0 Å². The molecule has 11 aromatic rings. The van der Waals surface area contributed by atoms with Gasteiger partial charge in [-0.3, -0.25) is 0 Å². The molecule has 3 aromatic heterocycles. The van der Waals surface area contributed by atoms with Gasteiger partial charge in [0.1, 0.15) is 52.7 Å². The molecule has 0 bridgehead atoms. The summed E-state index contributed by atoms with van der Waals surface area (Å²) >= 11 is 0. The van der Waals surface area contributed by atoms with Crippen LogP contribution >= 0.6 is 0 Å². The Hall–Kier alpha value is -7.24. The molecule has 0 aliphatic carbocycles. The summed E-state index contributed by atoms with van der Waals surface area (Å²) in [5.41, 5.74) is 10.00. The normalized spacial score (nSPS) is 11.6. The van der Waals surface area contributed by atoms with Crippen LogP contribution in [-0.2, 0) is 0 Å². The summed E-state index contributed by atoms with van der Waals surface area (Å²) in [6, 6.07) is 52.5. The summed E-state index contributed by atoms with van der Waals surface area (Å²) in [5.74, 6) is 1.06. The lowest BCUT2D eigenvalue weighted by molar-refractivity contribution is 0.670. The highest BCUT2D eigenvalue weighted by Crippen LogP contribution is 2.38. The predicted molar refractivity (Wildman–Crippen MR) is 261 cm³/mol. The van der Waals surface area contributed by atoms with Crippen molar-refractivity contribution < 1.29 is 4.42 Å². The van der Waals surface area contributed by atoms with Gasteiger partial charge in [-0.1, -0.05) is 155 Å². The SMILES string of the molecule is [B]c1c([B])c([B])c2c(oc3c([B])c(-c4nc(-c5ccccc5)nc(-c5cccc(-c6ccccc6)c5)n4)c([B])c([B])c32)c1-n1c2ccccc2c2cc(-c3ccccc3)ccc21. The largest absolute Gasteiger partial charge is 0.455 e. The third-order valence-corrected chi connectivity index (χ3v) is 11.7. The van der Waals surface area contributed by atoms with Crippen LogP contribution in [0, 0.1) is 0 Å². The summed E-state index contributed by atoms with van der Waals surface area (Å²) in [5, 5.41) is 2.87. The van der Waals surface area contributed by atoms with Gasteiger partial charge in [-0.05, 0) is 52.0 Å². The third kappa shape index (κ3) is 5.90. The van der Waals surface area contributed by atoms with Crippen molar-refractivity contribution in [3.8, 4) is 62.1 Å². The van der Waals surface area contributed by atoms with Gasteiger partial charge in [0.05, 0.1) is 16.7 Å². The molecule has 0 aliphatic heterocycles. The molecule has 0 spiro atoms. The van der Waals surface area contributed by atoms with Crippen LogP contribution in [-0.4, -0.2) is 66.6 Å². The highest BCUT2D eigenvalue weighted by molar-refractivity contribution is 6.65. The van der Waals surface area contributed by atoms with Gasteiger partial charge >= 0.3 is 0 Å². The monoisotopic (exact) mass is 776 g/mol. The van der Waals surface area contributed by atoms with Gasteiger partial charge in [0.2, 0.25) is 0 Å². The van der Waals surface area contributed by atoms with Crippen molar-refractivity contribution in [3.63, 3.8) is 0 Å². The fourth-order valence-electron chi connectivity index (χ4n) is 8.65. The standard InChI is InChI=1S/C51H26B6N4O/c52-40-37-38-41(53)44(56)45(57)46(61-35-22-11-10-21-33(35)34-26-31(23-24-36(34)61)28-15-6-2-7-16-28)48(38)62-47(37)43(55)39(42(40)54)51-59-49(29-17-8-3-9-18-29)58-50(60-51)32-20-12-19-30(25-32)27-13-4-1-5-14-27/h1-26H. The van der Waals surface area contributed by atoms with Gasteiger partial charge in [0, 0.05) is 38.2 Å². The minimum Gasteiger partial charge on any atom is -0.455 e. The molecule has 62 heavy (non-hydrogen) atoms. The number of hydrogen-bond acceptors (Lipinski definition) is 4. The molecule has 11 heteroatoms. The number of rotatable bonds is 6. The van der Waals surface area contributed by atoms with E-state index in [-0.39, 0.29) is 44.2 Å². The first-order valence-corrected chi connectivity index (χ1v) is 20.0. The maximum Gasteiger partial charge on any atom is 0.164 e. The number of benzene rings is 8. The highest BCUT2D eigenvalue weighted by atomic mass is 16.3. The van der Waals surface area contributed by atoms with Crippen molar-refractivity contribution in [1.29, 1.82) is 0 Å². The Kier molecular flexibility index (Phi) is 8.97.